The second-order valence-electron chi connectivity index (χ2n) is 5.94. The maximum atomic E-state index is 11.8. The number of rotatable bonds is 4. The molecule has 0 saturated carbocycles. The standard InChI is InChI=1S/C17H18N2O4S/c1-10-9-12(7-8-18(22)23)11(2)19(10)16-15(17(20)21)13-5-3-4-6-14(13)24-16/h7-9H,3-6H2,1-2H3,(H,20,21)/p-1/b8-7-. The van der Waals surface area contributed by atoms with Crippen molar-refractivity contribution in [3.63, 3.8) is 0 Å². The number of nitro groups is 1. The van der Waals surface area contributed by atoms with E-state index in [1.54, 1.807) is 0 Å². The summed E-state index contributed by atoms with van der Waals surface area (Å²) in [7, 11) is 0. The van der Waals surface area contributed by atoms with E-state index in [0.717, 1.165) is 53.7 Å². The van der Waals surface area contributed by atoms with Crippen molar-refractivity contribution >= 4 is 23.4 Å². The molecule has 0 spiro atoms. The smallest absolute Gasteiger partial charge is 0.235 e. The highest BCUT2D eigenvalue weighted by atomic mass is 32.1. The van der Waals surface area contributed by atoms with Crippen LogP contribution in [0.5, 0.6) is 0 Å². The molecule has 0 aromatic carbocycles. The highest BCUT2D eigenvalue weighted by molar-refractivity contribution is 7.15. The third-order valence-electron chi connectivity index (χ3n) is 4.41. The number of fused-ring (bicyclic) bond motifs is 1. The zero-order chi connectivity index (χ0) is 17.4. The lowest BCUT2D eigenvalue weighted by atomic mass is 9.95. The van der Waals surface area contributed by atoms with Crippen LogP contribution in [0.3, 0.4) is 0 Å². The van der Waals surface area contributed by atoms with E-state index < -0.39 is 10.9 Å². The fourth-order valence-electron chi connectivity index (χ4n) is 3.33. The Bertz CT molecular complexity index is 861. The van der Waals surface area contributed by atoms with Gasteiger partial charge in [0.15, 0.2) is 0 Å². The normalized spacial score (nSPS) is 14.1. The number of thiophene rings is 1. The first-order valence-corrected chi connectivity index (χ1v) is 8.58. The van der Waals surface area contributed by atoms with E-state index in [0.29, 0.717) is 10.6 Å². The summed E-state index contributed by atoms with van der Waals surface area (Å²) in [5.74, 6) is -1.15. The predicted octanol–water partition coefficient (Wildman–Crippen LogP) is 2.65. The summed E-state index contributed by atoms with van der Waals surface area (Å²) in [5.41, 5.74) is 3.51. The van der Waals surface area contributed by atoms with Crippen LogP contribution in [0, 0.1) is 24.0 Å². The molecule has 0 bridgehead atoms. The molecule has 24 heavy (non-hydrogen) atoms. The zero-order valence-electron chi connectivity index (χ0n) is 13.5. The summed E-state index contributed by atoms with van der Waals surface area (Å²) in [4.78, 5) is 22.9. The highest BCUT2D eigenvalue weighted by Crippen LogP contribution is 2.38. The summed E-state index contributed by atoms with van der Waals surface area (Å²) in [5, 5.41) is 23.0. The Morgan fingerprint density at radius 1 is 1.33 bits per heavy atom. The fourth-order valence-corrected chi connectivity index (χ4v) is 4.82. The molecular weight excluding hydrogens is 328 g/mol. The van der Waals surface area contributed by atoms with Gasteiger partial charge in [-0.15, -0.1) is 11.3 Å². The van der Waals surface area contributed by atoms with Crippen molar-refractivity contribution in [1.82, 2.24) is 4.57 Å². The molecule has 0 unspecified atom stereocenters. The summed E-state index contributed by atoms with van der Waals surface area (Å²) in [6.45, 7) is 3.71. The molecule has 126 valence electrons. The van der Waals surface area contributed by atoms with Crippen molar-refractivity contribution in [2.75, 3.05) is 0 Å². The van der Waals surface area contributed by atoms with Crippen LogP contribution in [0.25, 0.3) is 11.1 Å². The number of aromatic carboxylic acids is 1. The third kappa shape index (κ3) is 2.75. The second-order valence-corrected chi connectivity index (χ2v) is 7.03. The number of hydrogen-bond acceptors (Lipinski definition) is 5. The average Bonchev–Trinajstić information content (AvgIpc) is 3.02. The molecule has 2 aromatic heterocycles. The minimum absolute atomic E-state index is 0.279. The fraction of sp³-hybridized carbons (Fsp3) is 0.353. The first-order valence-electron chi connectivity index (χ1n) is 7.77. The van der Waals surface area contributed by atoms with Gasteiger partial charge < -0.3 is 14.5 Å². The number of aryl methyl sites for hydroxylation is 2. The Labute approximate surface area is 143 Å². The first-order chi connectivity index (χ1) is 11.4. The van der Waals surface area contributed by atoms with E-state index in [2.05, 4.69) is 0 Å². The van der Waals surface area contributed by atoms with Gasteiger partial charge in [-0.05, 0) is 51.2 Å². The van der Waals surface area contributed by atoms with Gasteiger partial charge in [0.2, 0.25) is 6.20 Å². The van der Waals surface area contributed by atoms with Gasteiger partial charge in [0.05, 0.1) is 10.9 Å². The molecule has 1 aliphatic rings. The molecule has 7 heteroatoms. The quantitative estimate of drug-likeness (QED) is 0.629. The van der Waals surface area contributed by atoms with Gasteiger partial charge in [-0.1, -0.05) is 0 Å². The van der Waals surface area contributed by atoms with Crippen LogP contribution < -0.4 is 5.11 Å². The van der Waals surface area contributed by atoms with Crippen LogP contribution in [0.15, 0.2) is 12.3 Å². The molecule has 0 N–H and O–H groups in total. The van der Waals surface area contributed by atoms with Gasteiger partial charge in [-0.25, -0.2) is 0 Å². The summed E-state index contributed by atoms with van der Waals surface area (Å²) in [6, 6.07) is 1.83. The van der Waals surface area contributed by atoms with E-state index in [4.69, 9.17) is 0 Å². The number of carbonyl (C=O) groups is 1. The molecule has 6 nitrogen and oxygen atoms in total. The summed E-state index contributed by atoms with van der Waals surface area (Å²) < 4.78 is 1.87. The van der Waals surface area contributed by atoms with Crippen molar-refractivity contribution in [3.8, 4) is 5.00 Å². The van der Waals surface area contributed by atoms with Crippen LogP contribution in [0.1, 0.15) is 50.6 Å². The van der Waals surface area contributed by atoms with Gasteiger partial charge >= 0.3 is 0 Å². The number of carbonyl (C=O) groups excluding carboxylic acids is 1. The van der Waals surface area contributed by atoms with Crippen LogP contribution in [-0.2, 0) is 12.8 Å². The maximum absolute atomic E-state index is 11.8. The molecule has 0 saturated heterocycles. The predicted molar refractivity (Wildman–Crippen MR) is 90.1 cm³/mol. The van der Waals surface area contributed by atoms with Crippen molar-refractivity contribution in [3.05, 3.63) is 55.3 Å². The Balaban J connectivity index is 2.18. The van der Waals surface area contributed by atoms with E-state index in [9.17, 15) is 20.0 Å². The summed E-state index contributed by atoms with van der Waals surface area (Å²) >= 11 is 1.49. The van der Waals surface area contributed by atoms with Gasteiger partial charge in [0.1, 0.15) is 5.00 Å². The second kappa shape index (κ2) is 6.24. The van der Waals surface area contributed by atoms with Gasteiger partial charge in [-0.3, -0.25) is 10.1 Å². The molecule has 0 fully saturated rings. The van der Waals surface area contributed by atoms with Crippen LogP contribution >= 0.6 is 11.3 Å². The minimum Gasteiger partial charge on any atom is -0.545 e. The number of nitrogens with zero attached hydrogens (tertiary/aromatic N) is 2. The Hall–Kier alpha value is -2.41. The molecule has 0 amide bonds. The minimum atomic E-state index is -1.15. The molecular formula is C17H17N2O4S-. The summed E-state index contributed by atoms with van der Waals surface area (Å²) in [6.07, 6.45) is 6.05. The van der Waals surface area contributed by atoms with Gasteiger partial charge in [0.25, 0.3) is 0 Å². The Morgan fingerprint density at radius 3 is 2.71 bits per heavy atom. The Kier molecular flexibility index (Phi) is 4.28. The van der Waals surface area contributed by atoms with E-state index in [1.165, 1.54) is 17.4 Å². The average molecular weight is 345 g/mol. The number of carboxylic acids is 1. The lowest BCUT2D eigenvalue weighted by Gasteiger charge is -2.14. The Morgan fingerprint density at radius 2 is 2.04 bits per heavy atom. The van der Waals surface area contributed by atoms with Crippen molar-refractivity contribution in [2.24, 2.45) is 0 Å². The maximum Gasteiger partial charge on any atom is 0.235 e. The highest BCUT2D eigenvalue weighted by Gasteiger charge is 2.24. The number of aromatic nitrogens is 1. The molecule has 0 radical (unpaired) electrons. The number of carboxylic acid groups (broad SMARTS) is 1. The monoisotopic (exact) mass is 345 g/mol. The van der Waals surface area contributed by atoms with Gasteiger partial charge in [-0.2, -0.15) is 0 Å². The molecule has 1 aliphatic carbocycles. The van der Waals surface area contributed by atoms with Crippen LogP contribution in [-0.4, -0.2) is 15.5 Å². The SMILES string of the molecule is Cc1cc(/C=C\[N+](=O)[O-])c(C)n1-c1sc2c(c1C(=O)[O-])CCCC2. The van der Waals surface area contributed by atoms with Crippen molar-refractivity contribution in [2.45, 2.75) is 39.5 Å². The molecule has 0 atom stereocenters. The molecule has 2 aromatic rings. The van der Waals surface area contributed by atoms with Crippen LogP contribution in [0.2, 0.25) is 0 Å². The van der Waals surface area contributed by atoms with Gasteiger partial charge in [0, 0.05) is 33.5 Å². The lowest BCUT2D eigenvalue weighted by Crippen LogP contribution is -2.25. The zero-order valence-corrected chi connectivity index (χ0v) is 14.3. The first kappa shape index (κ1) is 16.4. The third-order valence-corrected chi connectivity index (χ3v) is 5.68. The van der Waals surface area contributed by atoms with Crippen molar-refractivity contribution < 1.29 is 14.8 Å². The van der Waals surface area contributed by atoms with Crippen LogP contribution in [0.4, 0.5) is 0 Å². The largest absolute Gasteiger partial charge is 0.545 e. The van der Waals surface area contributed by atoms with E-state index in [1.807, 2.05) is 24.5 Å². The molecule has 0 aliphatic heterocycles. The van der Waals surface area contributed by atoms with E-state index in [-0.39, 0.29) is 5.56 Å². The molecule has 3 rings (SSSR count). The van der Waals surface area contributed by atoms with E-state index >= 15 is 0 Å². The van der Waals surface area contributed by atoms with Crippen molar-refractivity contribution in [1.29, 1.82) is 0 Å². The molecule has 2 heterocycles. The number of hydrogen-bond donors (Lipinski definition) is 0. The lowest BCUT2D eigenvalue weighted by molar-refractivity contribution is -0.400. The topological polar surface area (TPSA) is 88.2 Å².